The number of aliphatic hydroxyl groups excluding tert-OH is 1. The van der Waals surface area contributed by atoms with Crippen LogP contribution in [0.2, 0.25) is 0 Å². The zero-order chi connectivity index (χ0) is 15.4. The van der Waals surface area contributed by atoms with Crippen molar-refractivity contribution in [2.75, 3.05) is 6.61 Å². The molecule has 22 heavy (non-hydrogen) atoms. The van der Waals surface area contributed by atoms with Crippen molar-refractivity contribution in [3.05, 3.63) is 66.1 Å². The van der Waals surface area contributed by atoms with Crippen molar-refractivity contribution in [3.63, 3.8) is 0 Å². The van der Waals surface area contributed by atoms with Gasteiger partial charge in [-0.25, -0.2) is 4.98 Å². The fourth-order valence-electron chi connectivity index (χ4n) is 2.57. The van der Waals surface area contributed by atoms with Gasteiger partial charge < -0.3 is 9.52 Å². The van der Waals surface area contributed by atoms with Crippen molar-refractivity contribution in [2.24, 2.45) is 0 Å². The fraction of sp³-hybridized carbons (Fsp3) is 0.211. The summed E-state index contributed by atoms with van der Waals surface area (Å²) in [5.74, 6) is 0.640. The summed E-state index contributed by atoms with van der Waals surface area (Å²) in [5.41, 5.74) is 5.82. The zero-order valence-corrected chi connectivity index (χ0v) is 12.6. The van der Waals surface area contributed by atoms with Gasteiger partial charge in [0, 0.05) is 12.2 Å². The third-order valence-electron chi connectivity index (χ3n) is 3.81. The van der Waals surface area contributed by atoms with Gasteiger partial charge in [0.15, 0.2) is 0 Å². The van der Waals surface area contributed by atoms with Crippen LogP contribution in [0.1, 0.15) is 17.5 Å². The van der Waals surface area contributed by atoms with E-state index in [4.69, 9.17) is 9.52 Å². The van der Waals surface area contributed by atoms with E-state index in [2.05, 4.69) is 48.3 Å². The Kier molecular flexibility index (Phi) is 4.35. The van der Waals surface area contributed by atoms with E-state index in [0.29, 0.717) is 5.89 Å². The third kappa shape index (κ3) is 3.10. The van der Waals surface area contributed by atoms with Crippen LogP contribution in [0, 0.1) is 6.92 Å². The molecule has 0 unspecified atom stereocenters. The van der Waals surface area contributed by atoms with Gasteiger partial charge in [-0.3, -0.25) is 0 Å². The van der Waals surface area contributed by atoms with E-state index < -0.39 is 0 Å². The number of aromatic nitrogens is 1. The van der Waals surface area contributed by atoms with Gasteiger partial charge in [0.25, 0.3) is 0 Å². The fourth-order valence-corrected chi connectivity index (χ4v) is 2.57. The number of benzene rings is 2. The molecule has 0 fully saturated rings. The highest BCUT2D eigenvalue weighted by molar-refractivity contribution is 5.72. The van der Waals surface area contributed by atoms with E-state index in [0.717, 1.165) is 18.4 Å². The lowest BCUT2D eigenvalue weighted by Crippen LogP contribution is -1.90. The molecular formula is C19H19NO2. The standard InChI is InChI=1S/C19H19NO2/c1-14-4-7-17(19-20-10-12-22-19)13-18(14)16-8-5-15(6-9-16)3-2-11-21/h4-10,12-13,21H,2-3,11H2,1H3. The first-order chi connectivity index (χ1) is 10.8. The summed E-state index contributed by atoms with van der Waals surface area (Å²) < 4.78 is 5.38. The number of oxazole rings is 1. The van der Waals surface area contributed by atoms with Gasteiger partial charge >= 0.3 is 0 Å². The molecule has 3 nitrogen and oxygen atoms in total. The second kappa shape index (κ2) is 6.58. The van der Waals surface area contributed by atoms with E-state index in [1.54, 1.807) is 12.5 Å². The molecular weight excluding hydrogens is 274 g/mol. The average Bonchev–Trinajstić information content (AvgIpc) is 3.08. The lowest BCUT2D eigenvalue weighted by atomic mass is 9.96. The first-order valence-electron chi connectivity index (χ1n) is 7.48. The van der Waals surface area contributed by atoms with Crippen molar-refractivity contribution in [2.45, 2.75) is 19.8 Å². The molecule has 1 aromatic heterocycles. The van der Waals surface area contributed by atoms with Crippen molar-refractivity contribution >= 4 is 0 Å². The van der Waals surface area contributed by atoms with E-state index >= 15 is 0 Å². The number of rotatable bonds is 5. The van der Waals surface area contributed by atoms with Crippen LogP contribution in [0.5, 0.6) is 0 Å². The highest BCUT2D eigenvalue weighted by atomic mass is 16.3. The van der Waals surface area contributed by atoms with Crippen LogP contribution in [0.15, 0.2) is 59.3 Å². The minimum absolute atomic E-state index is 0.235. The summed E-state index contributed by atoms with van der Waals surface area (Å²) in [6, 6.07) is 14.8. The number of hydrogen-bond acceptors (Lipinski definition) is 3. The monoisotopic (exact) mass is 293 g/mol. The third-order valence-corrected chi connectivity index (χ3v) is 3.81. The molecule has 0 bridgehead atoms. The van der Waals surface area contributed by atoms with Gasteiger partial charge in [-0.15, -0.1) is 0 Å². The van der Waals surface area contributed by atoms with Crippen LogP contribution in [-0.4, -0.2) is 16.7 Å². The van der Waals surface area contributed by atoms with Crippen molar-refractivity contribution in [3.8, 4) is 22.6 Å². The van der Waals surface area contributed by atoms with Gasteiger partial charge in [-0.05, 0) is 54.2 Å². The molecule has 2 aromatic carbocycles. The van der Waals surface area contributed by atoms with Crippen LogP contribution < -0.4 is 0 Å². The summed E-state index contributed by atoms with van der Waals surface area (Å²) in [7, 11) is 0. The molecule has 0 aliphatic heterocycles. The molecule has 0 spiro atoms. The Hall–Kier alpha value is -2.39. The van der Waals surface area contributed by atoms with Gasteiger partial charge in [-0.2, -0.15) is 0 Å². The molecule has 0 saturated heterocycles. The second-order valence-electron chi connectivity index (χ2n) is 5.39. The normalized spacial score (nSPS) is 10.8. The van der Waals surface area contributed by atoms with E-state index in [1.807, 2.05) is 6.07 Å². The van der Waals surface area contributed by atoms with Crippen molar-refractivity contribution in [1.29, 1.82) is 0 Å². The highest BCUT2D eigenvalue weighted by Crippen LogP contribution is 2.29. The molecule has 0 radical (unpaired) electrons. The van der Waals surface area contributed by atoms with Crippen LogP contribution >= 0.6 is 0 Å². The minimum Gasteiger partial charge on any atom is -0.445 e. The Labute approximate surface area is 130 Å². The molecule has 112 valence electrons. The zero-order valence-electron chi connectivity index (χ0n) is 12.6. The van der Waals surface area contributed by atoms with Crippen molar-refractivity contribution in [1.82, 2.24) is 4.98 Å². The van der Waals surface area contributed by atoms with Crippen LogP contribution in [0.25, 0.3) is 22.6 Å². The maximum Gasteiger partial charge on any atom is 0.225 e. The Morgan fingerprint density at radius 2 is 1.82 bits per heavy atom. The van der Waals surface area contributed by atoms with Crippen LogP contribution in [-0.2, 0) is 6.42 Å². The Morgan fingerprint density at radius 3 is 2.50 bits per heavy atom. The molecule has 3 heteroatoms. The molecule has 1 N–H and O–H groups in total. The topological polar surface area (TPSA) is 46.3 Å². The summed E-state index contributed by atoms with van der Waals surface area (Å²) >= 11 is 0. The first kappa shape index (κ1) is 14.5. The quantitative estimate of drug-likeness (QED) is 0.765. The van der Waals surface area contributed by atoms with Crippen LogP contribution in [0.3, 0.4) is 0 Å². The van der Waals surface area contributed by atoms with E-state index in [9.17, 15) is 0 Å². The van der Waals surface area contributed by atoms with Gasteiger partial charge in [0.05, 0.1) is 6.20 Å². The molecule has 0 amide bonds. The molecule has 3 rings (SSSR count). The molecule has 1 heterocycles. The lowest BCUT2D eigenvalue weighted by molar-refractivity contribution is 0.288. The van der Waals surface area contributed by atoms with Gasteiger partial charge in [-0.1, -0.05) is 30.3 Å². The molecule has 0 atom stereocenters. The smallest absolute Gasteiger partial charge is 0.225 e. The molecule has 0 aliphatic rings. The number of aliphatic hydroxyl groups is 1. The van der Waals surface area contributed by atoms with E-state index in [-0.39, 0.29) is 6.61 Å². The maximum absolute atomic E-state index is 8.90. The van der Waals surface area contributed by atoms with E-state index in [1.165, 1.54) is 22.3 Å². The van der Waals surface area contributed by atoms with Gasteiger partial charge in [0.2, 0.25) is 5.89 Å². The molecule has 0 aliphatic carbocycles. The number of aryl methyl sites for hydroxylation is 2. The molecule has 0 saturated carbocycles. The first-order valence-corrected chi connectivity index (χ1v) is 7.48. The maximum atomic E-state index is 8.90. The van der Waals surface area contributed by atoms with Crippen molar-refractivity contribution < 1.29 is 9.52 Å². The lowest BCUT2D eigenvalue weighted by Gasteiger charge is -2.09. The number of hydrogen-bond donors (Lipinski definition) is 1. The summed E-state index contributed by atoms with van der Waals surface area (Å²) in [6.07, 6.45) is 4.96. The predicted molar refractivity (Wildman–Crippen MR) is 87.5 cm³/mol. The molecule has 3 aromatic rings. The minimum atomic E-state index is 0.235. The highest BCUT2D eigenvalue weighted by Gasteiger charge is 2.08. The Morgan fingerprint density at radius 1 is 1.05 bits per heavy atom. The summed E-state index contributed by atoms with van der Waals surface area (Å²) in [4.78, 5) is 4.21. The Bertz CT molecular complexity index is 731. The largest absolute Gasteiger partial charge is 0.445 e. The second-order valence-corrected chi connectivity index (χ2v) is 5.39. The van der Waals surface area contributed by atoms with Crippen LogP contribution in [0.4, 0.5) is 0 Å². The summed E-state index contributed by atoms with van der Waals surface area (Å²) in [5, 5.41) is 8.90. The summed E-state index contributed by atoms with van der Waals surface area (Å²) in [6.45, 7) is 2.34. The predicted octanol–water partition coefficient (Wildman–Crippen LogP) is 4.24. The van der Waals surface area contributed by atoms with Gasteiger partial charge in [0.1, 0.15) is 6.26 Å². The number of nitrogens with zero attached hydrogens (tertiary/aromatic N) is 1. The SMILES string of the molecule is Cc1ccc(-c2ncco2)cc1-c1ccc(CCCO)cc1. The Balaban J connectivity index is 1.92. The average molecular weight is 293 g/mol.